The van der Waals surface area contributed by atoms with Gasteiger partial charge in [0.2, 0.25) is 5.91 Å². The molecule has 7 nitrogen and oxygen atoms in total. The second kappa shape index (κ2) is 8.13. The van der Waals surface area contributed by atoms with Crippen molar-refractivity contribution in [2.45, 2.75) is 44.3 Å². The number of rotatable bonds is 3. The number of likely N-dealkylation sites (tertiary alicyclic amines) is 1. The summed E-state index contributed by atoms with van der Waals surface area (Å²) < 4.78 is 12.1. The smallest absolute Gasteiger partial charge is 0.321 e. The summed E-state index contributed by atoms with van der Waals surface area (Å²) in [5, 5.41) is 5.89. The number of carbonyl (C=O) groups is 2. The minimum absolute atomic E-state index is 0.0772. The van der Waals surface area contributed by atoms with E-state index < -0.39 is 5.79 Å². The summed E-state index contributed by atoms with van der Waals surface area (Å²) in [5.74, 6) is 0.586. The molecule has 2 aliphatic heterocycles. The maximum atomic E-state index is 12.9. The van der Waals surface area contributed by atoms with Gasteiger partial charge < -0.3 is 25.0 Å². The number of nitrogens with one attached hydrogen (secondary N) is 2. The van der Waals surface area contributed by atoms with Gasteiger partial charge in [-0.05, 0) is 49.9 Å². The van der Waals surface area contributed by atoms with Crippen LogP contribution in [0.5, 0.6) is 11.5 Å². The number of hydrogen-bond acceptors (Lipinski definition) is 4. The maximum absolute atomic E-state index is 12.9. The van der Waals surface area contributed by atoms with Crippen molar-refractivity contribution in [3.05, 3.63) is 48.5 Å². The lowest BCUT2D eigenvalue weighted by Gasteiger charge is -2.32. The summed E-state index contributed by atoms with van der Waals surface area (Å²) in [4.78, 5) is 27.2. The molecule has 5 rings (SSSR count). The van der Waals surface area contributed by atoms with Crippen molar-refractivity contribution < 1.29 is 19.1 Å². The van der Waals surface area contributed by atoms with E-state index in [1.54, 1.807) is 4.90 Å². The Morgan fingerprint density at radius 1 is 0.903 bits per heavy atom. The van der Waals surface area contributed by atoms with Crippen LogP contribution in [0.2, 0.25) is 0 Å². The SMILES string of the molecule is O=C(Nc1ccc2c(c1)OC1(CCCC1)O2)[C@H]1CCCN(C(=O)Nc2ccccc2)C1. The van der Waals surface area contributed by atoms with Crippen LogP contribution in [-0.2, 0) is 4.79 Å². The molecule has 1 spiro atoms. The van der Waals surface area contributed by atoms with E-state index in [0.29, 0.717) is 24.5 Å². The minimum Gasteiger partial charge on any atom is -0.448 e. The average molecular weight is 421 g/mol. The number of anilines is 2. The number of hydrogen-bond donors (Lipinski definition) is 2. The van der Waals surface area contributed by atoms with Crippen LogP contribution in [-0.4, -0.2) is 35.7 Å². The lowest BCUT2D eigenvalue weighted by molar-refractivity contribution is -0.121. The molecular formula is C24H27N3O4. The lowest BCUT2D eigenvalue weighted by atomic mass is 9.97. The zero-order valence-electron chi connectivity index (χ0n) is 17.4. The molecule has 0 bridgehead atoms. The van der Waals surface area contributed by atoms with Crippen molar-refractivity contribution in [3.63, 3.8) is 0 Å². The number of benzene rings is 2. The molecule has 2 fully saturated rings. The van der Waals surface area contributed by atoms with Crippen LogP contribution in [0, 0.1) is 5.92 Å². The normalized spacial score (nSPS) is 21.2. The van der Waals surface area contributed by atoms with E-state index in [2.05, 4.69) is 10.6 Å². The number of ether oxygens (including phenoxy) is 2. The molecule has 3 aliphatic rings. The Balaban J connectivity index is 1.19. The standard InChI is InChI=1S/C24H27N3O4/c28-22(17-7-6-14-27(16-17)23(29)26-18-8-2-1-3-9-18)25-19-10-11-20-21(15-19)31-24(30-20)12-4-5-13-24/h1-3,8-11,15,17H,4-7,12-14,16H2,(H,25,28)(H,26,29)/t17-/m0/s1. The number of fused-ring (bicyclic) bond motifs is 1. The Bertz CT molecular complexity index is 972. The van der Waals surface area contributed by atoms with Crippen LogP contribution in [0.4, 0.5) is 16.2 Å². The third-order valence-electron chi connectivity index (χ3n) is 6.27. The third-order valence-corrected chi connectivity index (χ3v) is 6.27. The van der Waals surface area contributed by atoms with Crippen LogP contribution >= 0.6 is 0 Å². The Kier molecular flexibility index (Phi) is 5.18. The van der Waals surface area contributed by atoms with Gasteiger partial charge in [-0.2, -0.15) is 0 Å². The van der Waals surface area contributed by atoms with Crippen LogP contribution in [0.25, 0.3) is 0 Å². The van der Waals surface area contributed by atoms with E-state index >= 15 is 0 Å². The van der Waals surface area contributed by atoms with Crippen molar-refractivity contribution in [3.8, 4) is 11.5 Å². The molecular weight excluding hydrogens is 394 g/mol. The molecule has 31 heavy (non-hydrogen) atoms. The predicted octanol–water partition coefficient (Wildman–Crippen LogP) is 4.61. The molecule has 1 aliphatic carbocycles. The Morgan fingerprint density at radius 2 is 1.68 bits per heavy atom. The van der Waals surface area contributed by atoms with E-state index in [-0.39, 0.29) is 17.9 Å². The van der Waals surface area contributed by atoms with E-state index in [1.807, 2.05) is 48.5 Å². The van der Waals surface area contributed by atoms with Gasteiger partial charge in [0.05, 0.1) is 5.92 Å². The van der Waals surface area contributed by atoms with Gasteiger partial charge in [-0.1, -0.05) is 18.2 Å². The molecule has 2 N–H and O–H groups in total. The molecule has 2 aromatic rings. The zero-order chi connectivity index (χ0) is 21.3. The second-order valence-electron chi connectivity index (χ2n) is 8.55. The fourth-order valence-corrected chi connectivity index (χ4v) is 4.63. The van der Waals surface area contributed by atoms with Gasteiger partial charge in [-0.3, -0.25) is 4.79 Å². The van der Waals surface area contributed by atoms with Gasteiger partial charge in [0.25, 0.3) is 5.79 Å². The first-order valence-corrected chi connectivity index (χ1v) is 11.0. The molecule has 0 aromatic heterocycles. The molecule has 162 valence electrons. The maximum Gasteiger partial charge on any atom is 0.321 e. The van der Waals surface area contributed by atoms with Gasteiger partial charge in [0.1, 0.15) is 0 Å². The van der Waals surface area contributed by atoms with E-state index in [9.17, 15) is 9.59 Å². The van der Waals surface area contributed by atoms with E-state index in [4.69, 9.17) is 9.47 Å². The summed E-state index contributed by atoms with van der Waals surface area (Å²) >= 11 is 0. The second-order valence-corrected chi connectivity index (χ2v) is 8.55. The number of para-hydroxylation sites is 1. The van der Waals surface area contributed by atoms with Gasteiger partial charge >= 0.3 is 6.03 Å². The fourth-order valence-electron chi connectivity index (χ4n) is 4.63. The lowest BCUT2D eigenvalue weighted by Crippen LogP contribution is -2.45. The topological polar surface area (TPSA) is 79.9 Å². The molecule has 0 radical (unpaired) electrons. The van der Waals surface area contributed by atoms with Gasteiger partial charge in [-0.25, -0.2) is 4.79 Å². The number of urea groups is 1. The molecule has 0 unspecified atom stereocenters. The number of nitrogens with zero attached hydrogens (tertiary/aromatic N) is 1. The van der Waals surface area contributed by atoms with Crippen LogP contribution in [0.3, 0.4) is 0 Å². The first-order valence-electron chi connectivity index (χ1n) is 11.0. The van der Waals surface area contributed by atoms with Gasteiger partial charge in [-0.15, -0.1) is 0 Å². The fraction of sp³-hybridized carbons (Fsp3) is 0.417. The zero-order valence-corrected chi connectivity index (χ0v) is 17.4. The van der Waals surface area contributed by atoms with Crippen molar-refractivity contribution >= 4 is 23.3 Å². The molecule has 1 atom stereocenters. The average Bonchev–Trinajstić information content (AvgIpc) is 3.39. The molecule has 7 heteroatoms. The van der Waals surface area contributed by atoms with Crippen LogP contribution in [0.15, 0.2) is 48.5 Å². The Morgan fingerprint density at radius 3 is 2.48 bits per heavy atom. The van der Waals surface area contributed by atoms with E-state index in [1.165, 1.54) is 0 Å². The first kappa shape index (κ1) is 19.7. The largest absolute Gasteiger partial charge is 0.448 e. The highest BCUT2D eigenvalue weighted by atomic mass is 16.7. The molecule has 1 saturated heterocycles. The Labute approximate surface area is 181 Å². The van der Waals surface area contributed by atoms with Crippen LogP contribution < -0.4 is 20.1 Å². The molecule has 2 aromatic carbocycles. The molecule has 2 heterocycles. The summed E-state index contributed by atoms with van der Waals surface area (Å²) in [6.07, 6.45) is 5.55. The molecule has 1 saturated carbocycles. The Hall–Kier alpha value is -3.22. The summed E-state index contributed by atoms with van der Waals surface area (Å²) in [5.41, 5.74) is 1.44. The molecule has 3 amide bonds. The quantitative estimate of drug-likeness (QED) is 0.758. The highest BCUT2D eigenvalue weighted by molar-refractivity contribution is 5.94. The monoisotopic (exact) mass is 421 g/mol. The summed E-state index contributed by atoms with van der Waals surface area (Å²) in [6, 6.07) is 14.7. The summed E-state index contributed by atoms with van der Waals surface area (Å²) in [7, 11) is 0. The minimum atomic E-state index is -0.513. The number of piperidine rings is 1. The highest BCUT2D eigenvalue weighted by Gasteiger charge is 2.44. The third kappa shape index (κ3) is 4.17. The van der Waals surface area contributed by atoms with Crippen molar-refractivity contribution in [2.75, 3.05) is 23.7 Å². The highest BCUT2D eigenvalue weighted by Crippen LogP contribution is 2.47. The van der Waals surface area contributed by atoms with Crippen molar-refractivity contribution in [2.24, 2.45) is 5.92 Å². The van der Waals surface area contributed by atoms with E-state index in [0.717, 1.165) is 50.0 Å². The van der Waals surface area contributed by atoms with Crippen LogP contribution in [0.1, 0.15) is 38.5 Å². The predicted molar refractivity (Wildman–Crippen MR) is 117 cm³/mol. The number of carbonyl (C=O) groups excluding carboxylic acids is 2. The van der Waals surface area contributed by atoms with Gasteiger partial charge in [0.15, 0.2) is 11.5 Å². The first-order chi connectivity index (χ1) is 15.1. The number of amides is 3. The van der Waals surface area contributed by atoms with Gasteiger partial charge in [0, 0.05) is 43.4 Å². The van der Waals surface area contributed by atoms with Crippen molar-refractivity contribution in [1.82, 2.24) is 4.90 Å². The van der Waals surface area contributed by atoms with Crippen molar-refractivity contribution in [1.29, 1.82) is 0 Å². The summed E-state index contributed by atoms with van der Waals surface area (Å²) in [6.45, 7) is 1.05.